The molecule has 0 radical (unpaired) electrons. The van der Waals surface area contributed by atoms with Gasteiger partial charge in [0.2, 0.25) is 0 Å². The average molecular weight is 385 g/mol. The van der Waals surface area contributed by atoms with E-state index in [0.29, 0.717) is 25.4 Å². The lowest BCUT2D eigenvalue weighted by Gasteiger charge is -2.23. The molecule has 28 heavy (non-hydrogen) atoms. The third kappa shape index (κ3) is 4.82. The number of rotatable bonds is 5. The molecule has 0 aliphatic carbocycles. The lowest BCUT2D eigenvalue weighted by Crippen LogP contribution is -2.38. The van der Waals surface area contributed by atoms with Gasteiger partial charge < -0.3 is 19.9 Å². The summed E-state index contributed by atoms with van der Waals surface area (Å²) in [6.45, 7) is 4.03. The monoisotopic (exact) mass is 385 g/mol. The Morgan fingerprint density at radius 3 is 2.71 bits per heavy atom. The van der Waals surface area contributed by atoms with Gasteiger partial charge in [-0.05, 0) is 31.5 Å². The van der Waals surface area contributed by atoms with E-state index in [-0.39, 0.29) is 11.9 Å². The van der Waals surface area contributed by atoms with Crippen molar-refractivity contribution in [1.29, 1.82) is 0 Å². The first kappa shape index (κ1) is 19.7. The number of hydrogen-bond donors (Lipinski definition) is 1. The molecule has 8 heteroatoms. The number of urea groups is 1. The van der Waals surface area contributed by atoms with Crippen LogP contribution >= 0.6 is 0 Å². The van der Waals surface area contributed by atoms with Crippen molar-refractivity contribution in [1.82, 2.24) is 24.9 Å². The van der Waals surface area contributed by atoms with E-state index in [1.165, 1.54) is 0 Å². The van der Waals surface area contributed by atoms with Crippen molar-refractivity contribution >= 4 is 11.9 Å². The molecule has 1 aliphatic heterocycles. The zero-order valence-corrected chi connectivity index (χ0v) is 16.6. The van der Waals surface area contributed by atoms with Crippen molar-refractivity contribution in [2.24, 2.45) is 0 Å². The van der Waals surface area contributed by atoms with Crippen LogP contribution < -0.4 is 10.1 Å². The fourth-order valence-corrected chi connectivity index (χ4v) is 3.13. The molecule has 0 spiro atoms. The number of carbonyl (C=O) groups is 2. The summed E-state index contributed by atoms with van der Waals surface area (Å²) in [7, 11) is 3.51. The maximum absolute atomic E-state index is 12.3. The van der Waals surface area contributed by atoms with Crippen molar-refractivity contribution in [3.63, 3.8) is 0 Å². The highest BCUT2D eigenvalue weighted by molar-refractivity contribution is 5.80. The molecular formula is C20H27N5O3. The molecule has 3 amide bonds. The summed E-state index contributed by atoms with van der Waals surface area (Å²) in [5, 5.41) is 7.44. The number of benzene rings is 1. The molecular weight excluding hydrogens is 358 g/mol. The zero-order chi connectivity index (χ0) is 20.1. The summed E-state index contributed by atoms with van der Waals surface area (Å²) >= 11 is 0. The van der Waals surface area contributed by atoms with Gasteiger partial charge in [-0.3, -0.25) is 9.48 Å². The summed E-state index contributed by atoms with van der Waals surface area (Å²) in [4.78, 5) is 28.0. The minimum absolute atomic E-state index is 0.00334. The maximum atomic E-state index is 12.3. The molecule has 1 aromatic carbocycles. The molecule has 0 fully saturated rings. The molecule has 1 atom stereocenters. The van der Waals surface area contributed by atoms with Gasteiger partial charge in [0.05, 0.1) is 24.5 Å². The van der Waals surface area contributed by atoms with Crippen molar-refractivity contribution in [2.75, 3.05) is 20.6 Å². The third-order valence-corrected chi connectivity index (χ3v) is 4.59. The number of nitrogens with one attached hydrogen (secondary N) is 1. The molecule has 3 rings (SSSR count). The highest BCUT2D eigenvalue weighted by Gasteiger charge is 2.22. The largest absolute Gasteiger partial charge is 0.481 e. The summed E-state index contributed by atoms with van der Waals surface area (Å²) in [5.74, 6) is 0.459. The Hall–Kier alpha value is -3.03. The Bertz CT molecular complexity index is 819. The highest BCUT2D eigenvalue weighted by Crippen LogP contribution is 2.15. The standard InChI is InChI=1S/C20H27N5O3/c1-15(28-18-8-5-4-6-9-18)19(26)21-13-16-12-17-14-24(20(27)23(2)3)10-7-11-25(17)22-16/h4-6,8-9,12,15H,7,10-11,13-14H2,1-3H3,(H,21,26). The predicted octanol–water partition coefficient (Wildman–Crippen LogP) is 1.85. The molecule has 0 saturated heterocycles. The first-order valence-electron chi connectivity index (χ1n) is 9.45. The van der Waals surface area contributed by atoms with Gasteiger partial charge in [-0.2, -0.15) is 5.10 Å². The molecule has 150 valence electrons. The van der Waals surface area contributed by atoms with Gasteiger partial charge in [0.1, 0.15) is 5.75 Å². The molecule has 1 aromatic heterocycles. The molecule has 1 aliphatic rings. The Kier molecular flexibility index (Phi) is 6.18. The summed E-state index contributed by atoms with van der Waals surface area (Å²) < 4.78 is 7.56. The number of amides is 3. The number of fused-ring (bicyclic) bond motifs is 1. The Labute approximate surface area is 165 Å². The van der Waals surface area contributed by atoms with Gasteiger partial charge in [0.15, 0.2) is 6.10 Å². The lowest BCUT2D eigenvalue weighted by molar-refractivity contribution is -0.127. The predicted molar refractivity (Wildman–Crippen MR) is 105 cm³/mol. The summed E-state index contributed by atoms with van der Waals surface area (Å²) in [6.07, 6.45) is 0.248. The molecule has 2 heterocycles. The van der Waals surface area contributed by atoms with Crippen molar-refractivity contribution in [3.8, 4) is 5.75 Å². The van der Waals surface area contributed by atoms with Crippen LogP contribution in [-0.4, -0.2) is 58.3 Å². The average Bonchev–Trinajstić information content (AvgIpc) is 2.96. The number of carbonyl (C=O) groups excluding carboxylic acids is 2. The van der Waals surface area contributed by atoms with E-state index in [1.54, 1.807) is 25.9 Å². The first-order chi connectivity index (χ1) is 13.4. The SMILES string of the molecule is CC(Oc1ccccc1)C(=O)NCc1cc2n(n1)CCCN(C(=O)N(C)C)C2. The van der Waals surface area contributed by atoms with Gasteiger partial charge in [-0.15, -0.1) is 0 Å². The van der Waals surface area contributed by atoms with Crippen molar-refractivity contribution < 1.29 is 14.3 Å². The van der Waals surface area contributed by atoms with E-state index in [4.69, 9.17) is 4.74 Å². The number of ether oxygens (including phenoxy) is 1. The van der Waals surface area contributed by atoms with Crippen LogP contribution in [0, 0.1) is 0 Å². The van der Waals surface area contributed by atoms with Crippen molar-refractivity contribution in [3.05, 3.63) is 47.8 Å². The van der Waals surface area contributed by atoms with Crippen LogP contribution in [-0.2, 0) is 24.4 Å². The fraction of sp³-hybridized carbons (Fsp3) is 0.450. The van der Waals surface area contributed by atoms with Crippen LogP contribution in [0.15, 0.2) is 36.4 Å². The van der Waals surface area contributed by atoms with Crippen LogP contribution in [0.4, 0.5) is 4.79 Å². The van der Waals surface area contributed by atoms with Gasteiger partial charge >= 0.3 is 6.03 Å². The summed E-state index contributed by atoms with van der Waals surface area (Å²) in [6, 6.07) is 11.2. The van der Waals surface area contributed by atoms with Crippen LogP contribution in [0.3, 0.4) is 0 Å². The van der Waals surface area contributed by atoms with Gasteiger partial charge in [0.25, 0.3) is 5.91 Å². The van der Waals surface area contributed by atoms with Gasteiger partial charge in [-0.1, -0.05) is 18.2 Å². The Balaban J connectivity index is 1.57. The van der Waals surface area contributed by atoms with E-state index in [0.717, 1.165) is 24.4 Å². The van der Waals surface area contributed by atoms with E-state index < -0.39 is 6.10 Å². The molecule has 8 nitrogen and oxygen atoms in total. The molecule has 1 N–H and O–H groups in total. The third-order valence-electron chi connectivity index (χ3n) is 4.59. The van der Waals surface area contributed by atoms with E-state index in [2.05, 4.69) is 10.4 Å². The zero-order valence-electron chi connectivity index (χ0n) is 16.6. The number of aromatic nitrogens is 2. The Morgan fingerprint density at radius 1 is 1.25 bits per heavy atom. The smallest absolute Gasteiger partial charge is 0.319 e. The van der Waals surface area contributed by atoms with E-state index in [9.17, 15) is 9.59 Å². The topological polar surface area (TPSA) is 79.7 Å². The van der Waals surface area contributed by atoms with Gasteiger partial charge in [0, 0.05) is 27.2 Å². The minimum atomic E-state index is -0.601. The first-order valence-corrected chi connectivity index (χ1v) is 9.45. The van der Waals surface area contributed by atoms with Crippen LogP contribution in [0.2, 0.25) is 0 Å². The second kappa shape index (κ2) is 8.77. The number of para-hydroxylation sites is 1. The maximum Gasteiger partial charge on any atom is 0.319 e. The van der Waals surface area contributed by atoms with Crippen LogP contribution in [0.1, 0.15) is 24.7 Å². The van der Waals surface area contributed by atoms with Crippen LogP contribution in [0.25, 0.3) is 0 Å². The van der Waals surface area contributed by atoms with E-state index >= 15 is 0 Å². The molecule has 0 bridgehead atoms. The molecule has 1 unspecified atom stereocenters. The quantitative estimate of drug-likeness (QED) is 0.852. The van der Waals surface area contributed by atoms with Crippen LogP contribution in [0.5, 0.6) is 5.75 Å². The highest BCUT2D eigenvalue weighted by atomic mass is 16.5. The Morgan fingerprint density at radius 2 is 2.00 bits per heavy atom. The molecule has 2 aromatic rings. The fourth-order valence-electron chi connectivity index (χ4n) is 3.13. The second-order valence-corrected chi connectivity index (χ2v) is 7.09. The lowest BCUT2D eigenvalue weighted by atomic mass is 10.3. The van der Waals surface area contributed by atoms with E-state index in [1.807, 2.05) is 46.0 Å². The van der Waals surface area contributed by atoms with Gasteiger partial charge in [-0.25, -0.2) is 4.79 Å². The van der Waals surface area contributed by atoms with Crippen molar-refractivity contribution in [2.45, 2.75) is 39.1 Å². The number of nitrogens with zero attached hydrogens (tertiary/aromatic N) is 4. The second-order valence-electron chi connectivity index (χ2n) is 7.09. The summed E-state index contributed by atoms with van der Waals surface area (Å²) in [5.41, 5.74) is 1.75. The normalized spacial score (nSPS) is 14.6. The molecule has 0 saturated carbocycles. The minimum Gasteiger partial charge on any atom is -0.481 e. The number of aryl methyl sites for hydroxylation is 1. The number of hydrogen-bond acceptors (Lipinski definition) is 4.